The summed E-state index contributed by atoms with van der Waals surface area (Å²) in [5, 5.41) is 10.1. The van der Waals surface area contributed by atoms with Gasteiger partial charge in [-0.3, -0.25) is 4.98 Å². The van der Waals surface area contributed by atoms with Crippen molar-refractivity contribution in [2.24, 2.45) is 0 Å². The summed E-state index contributed by atoms with van der Waals surface area (Å²) in [5.41, 5.74) is 0. The summed E-state index contributed by atoms with van der Waals surface area (Å²) in [6, 6.07) is 7.43. The molecule has 0 atom stereocenters. The Hall–Kier alpha value is -1.84. The van der Waals surface area contributed by atoms with Gasteiger partial charge in [0.15, 0.2) is 0 Å². The zero-order valence-corrected chi connectivity index (χ0v) is 6.41. The molecule has 0 aromatic carbocycles. The summed E-state index contributed by atoms with van der Waals surface area (Å²) < 4.78 is 0. The van der Waals surface area contributed by atoms with Gasteiger partial charge in [-0.25, -0.2) is 0 Å². The van der Waals surface area contributed by atoms with Crippen LogP contribution in [0.1, 0.15) is 0 Å². The van der Waals surface area contributed by atoms with E-state index in [0.29, 0.717) is 0 Å². The fourth-order valence-electron chi connectivity index (χ4n) is 0.518. The lowest BCUT2D eigenvalue weighted by Gasteiger charge is -1.70. The molecule has 0 unspecified atom stereocenters. The summed E-state index contributed by atoms with van der Waals surface area (Å²) in [6.07, 6.45) is 6.65. The molecule has 0 aliphatic heterocycles. The van der Waals surface area contributed by atoms with Crippen LogP contribution in [0.25, 0.3) is 0 Å². The monoisotopic (exact) mass is 160 g/mol. The highest BCUT2D eigenvalue weighted by Crippen LogP contribution is 1.73. The van der Waals surface area contributed by atoms with Crippen molar-refractivity contribution in [2.75, 3.05) is 0 Å². The summed E-state index contributed by atoms with van der Waals surface area (Å²) in [5.74, 6) is 0. The van der Waals surface area contributed by atoms with Crippen LogP contribution < -0.4 is 0 Å². The van der Waals surface area contributed by atoms with Crippen LogP contribution in [0.3, 0.4) is 0 Å². The highest BCUT2D eigenvalue weighted by atomic mass is 15.3. The molecule has 2 aromatic rings. The first-order valence-electron chi connectivity index (χ1n) is 3.43. The molecule has 2 aromatic heterocycles. The molecule has 4 nitrogen and oxygen atoms in total. The zero-order valence-electron chi connectivity index (χ0n) is 6.41. The number of nitrogens with zero attached hydrogens (tertiary/aromatic N) is 4. The Balaban J connectivity index is 0.000000120. The minimum Gasteiger partial charge on any atom is -0.265 e. The summed E-state index contributed by atoms with van der Waals surface area (Å²) in [6.45, 7) is 0. The largest absolute Gasteiger partial charge is 0.265 e. The van der Waals surface area contributed by atoms with Gasteiger partial charge in [-0.1, -0.05) is 6.07 Å². The Kier molecular flexibility index (Phi) is 4.07. The average molecular weight is 160 g/mol. The van der Waals surface area contributed by atoms with E-state index in [1.165, 1.54) is 0 Å². The van der Waals surface area contributed by atoms with Gasteiger partial charge in [-0.15, -0.1) is 10.2 Å². The first-order chi connectivity index (χ1) is 6.00. The topological polar surface area (TPSA) is 51.6 Å². The lowest BCUT2D eigenvalue weighted by atomic mass is 10.5. The van der Waals surface area contributed by atoms with Crippen LogP contribution in [0.15, 0.2) is 49.1 Å². The van der Waals surface area contributed by atoms with E-state index in [2.05, 4.69) is 20.4 Å². The maximum atomic E-state index is 3.78. The number of rotatable bonds is 0. The van der Waals surface area contributed by atoms with Crippen LogP contribution in [-0.4, -0.2) is 20.4 Å². The number of hydrogen-bond acceptors (Lipinski definition) is 4. The molecular formula is C8H8N4. The average Bonchev–Trinajstić information content (AvgIpc) is 2.24. The summed E-state index contributed by atoms with van der Waals surface area (Å²) in [7, 11) is 0. The number of hydrogen-bond donors (Lipinski definition) is 0. The van der Waals surface area contributed by atoms with E-state index in [-0.39, 0.29) is 0 Å². The maximum Gasteiger partial charge on any atom is 0.0529 e. The summed E-state index contributed by atoms with van der Waals surface area (Å²) in [4.78, 5) is 3.78. The predicted octanol–water partition coefficient (Wildman–Crippen LogP) is 0.953. The molecule has 0 radical (unpaired) electrons. The molecule has 12 heavy (non-hydrogen) atoms. The zero-order chi connectivity index (χ0) is 8.49. The van der Waals surface area contributed by atoms with Gasteiger partial charge in [-0.2, -0.15) is 0 Å². The van der Waals surface area contributed by atoms with Gasteiger partial charge in [0, 0.05) is 12.4 Å². The van der Waals surface area contributed by atoms with E-state index < -0.39 is 0 Å². The second-order valence-corrected chi connectivity index (χ2v) is 1.84. The van der Waals surface area contributed by atoms with E-state index in [1.54, 1.807) is 30.9 Å². The standard InChI is InChI=1S/C5H5N.C3H3N3/c2*1-2-4-6-5-3-1/h1-5H;1-3H. The van der Waals surface area contributed by atoms with E-state index in [4.69, 9.17) is 0 Å². The molecule has 0 fully saturated rings. The third kappa shape index (κ3) is 4.05. The second-order valence-electron chi connectivity index (χ2n) is 1.84. The maximum absolute atomic E-state index is 3.78. The SMILES string of the molecule is c1ccncc1.c1cnnnc1. The quantitative estimate of drug-likeness (QED) is 0.575. The normalized spacial score (nSPS) is 8.00. The van der Waals surface area contributed by atoms with Gasteiger partial charge in [0.05, 0.1) is 12.4 Å². The van der Waals surface area contributed by atoms with Gasteiger partial charge >= 0.3 is 0 Å². The molecule has 0 amide bonds. The van der Waals surface area contributed by atoms with Crippen molar-refractivity contribution in [1.82, 2.24) is 20.4 Å². The van der Waals surface area contributed by atoms with E-state index in [9.17, 15) is 0 Å². The summed E-state index contributed by atoms with van der Waals surface area (Å²) >= 11 is 0. The molecule has 0 aliphatic carbocycles. The third-order valence-corrected chi connectivity index (χ3v) is 0.975. The number of aromatic nitrogens is 4. The fourth-order valence-corrected chi connectivity index (χ4v) is 0.518. The van der Waals surface area contributed by atoms with Crippen LogP contribution in [0.2, 0.25) is 0 Å². The van der Waals surface area contributed by atoms with Crippen LogP contribution in [-0.2, 0) is 0 Å². The van der Waals surface area contributed by atoms with Gasteiger partial charge < -0.3 is 0 Å². The molecule has 0 N–H and O–H groups in total. The molecule has 0 saturated carbocycles. The highest BCUT2D eigenvalue weighted by Gasteiger charge is 1.60. The smallest absolute Gasteiger partial charge is 0.0529 e. The third-order valence-electron chi connectivity index (χ3n) is 0.975. The van der Waals surface area contributed by atoms with Crippen molar-refractivity contribution < 1.29 is 0 Å². The van der Waals surface area contributed by atoms with Gasteiger partial charge in [0.25, 0.3) is 0 Å². The van der Waals surface area contributed by atoms with Crippen molar-refractivity contribution in [1.29, 1.82) is 0 Å². The predicted molar refractivity (Wildman–Crippen MR) is 44.1 cm³/mol. The molecule has 0 spiro atoms. The molecule has 60 valence electrons. The van der Waals surface area contributed by atoms with Crippen molar-refractivity contribution in [3.63, 3.8) is 0 Å². The van der Waals surface area contributed by atoms with Crippen LogP contribution in [0, 0.1) is 0 Å². The minimum atomic E-state index is 1.58. The Bertz CT molecular complexity index is 186. The van der Waals surface area contributed by atoms with Crippen LogP contribution >= 0.6 is 0 Å². The molecule has 4 heteroatoms. The minimum absolute atomic E-state index is 1.58. The molecule has 0 bridgehead atoms. The Morgan fingerprint density at radius 2 is 1.25 bits per heavy atom. The van der Waals surface area contributed by atoms with Crippen LogP contribution in [0.4, 0.5) is 0 Å². The molecule has 2 rings (SSSR count). The van der Waals surface area contributed by atoms with Gasteiger partial charge in [-0.05, 0) is 23.4 Å². The van der Waals surface area contributed by atoms with E-state index in [0.717, 1.165) is 0 Å². The van der Waals surface area contributed by atoms with E-state index >= 15 is 0 Å². The van der Waals surface area contributed by atoms with Gasteiger partial charge in [0.1, 0.15) is 0 Å². The molecule has 2 heterocycles. The van der Waals surface area contributed by atoms with Crippen molar-refractivity contribution in [3.05, 3.63) is 49.1 Å². The van der Waals surface area contributed by atoms with Crippen molar-refractivity contribution >= 4 is 0 Å². The lowest BCUT2D eigenvalue weighted by Crippen LogP contribution is -1.78. The Morgan fingerprint density at radius 1 is 0.583 bits per heavy atom. The Morgan fingerprint density at radius 3 is 1.42 bits per heavy atom. The molecular weight excluding hydrogens is 152 g/mol. The molecule has 0 saturated heterocycles. The first kappa shape index (κ1) is 8.26. The lowest BCUT2D eigenvalue weighted by molar-refractivity contribution is 0.865. The highest BCUT2D eigenvalue weighted by molar-refractivity contribution is 4.88. The van der Waals surface area contributed by atoms with E-state index in [1.807, 2.05) is 18.2 Å². The van der Waals surface area contributed by atoms with Gasteiger partial charge in [0.2, 0.25) is 0 Å². The number of pyridine rings is 1. The first-order valence-corrected chi connectivity index (χ1v) is 3.43. The van der Waals surface area contributed by atoms with Crippen molar-refractivity contribution in [3.8, 4) is 0 Å². The fraction of sp³-hybridized carbons (Fsp3) is 0. The second kappa shape index (κ2) is 5.91. The van der Waals surface area contributed by atoms with Crippen molar-refractivity contribution in [2.45, 2.75) is 0 Å². The Labute approximate surface area is 70.3 Å². The molecule has 0 aliphatic rings. The van der Waals surface area contributed by atoms with Crippen LogP contribution in [0.5, 0.6) is 0 Å².